The molecule has 2 aliphatic rings. The Balaban J connectivity index is 1.42. The zero-order valence-corrected chi connectivity index (χ0v) is 19.2. The molecule has 0 aliphatic carbocycles. The molecule has 2 aliphatic heterocycles. The summed E-state index contributed by atoms with van der Waals surface area (Å²) in [4.78, 5) is 16.9. The summed E-state index contributed by atoms with van der Waals surface area (Å²) in [5.41, 5.74) is 3.33. The molecule has 0 saturated heterocycles. The van der Waals surface area contributed by atoms with E-state index < -0.39 is 5.91 Å². The quantitative estimate of drug-likeness (QED) is 0.525. The van der Waals surface area contributed by atoms with Crippen LogP contribution in [0.15, 0.2) is 70.4 Å². The number of para-hydroxylation sites is 1. The van der Waals surface area contributed by atoms with Crippen LogP contribution in [0.1, 0.15) is 24.5 Å². The summed E-state index contributed by atoms with van der Waals surface area (Å²) < 4.78 is 8.02. The van der Waals surface area contributed by atoms with Crippen LogP contribution in [-0.4, -0.2) is 38.1 Å². The highest BCUT2D eigenvalue weighted by molar-refractivity contribution is 8.26. The Morgan fingerprint density at radius 1 is 1.15 bits per heavy atom. The lowest BCUT2D eigenvalue weighted by molar-refractivity contribution is -0.114. The number of carbonyl (C=O) groups excluding carboxylic acids is 1. The fourth-order valence-corrected chi connectivity index (χ4v) is 4.63. The number of fused-ring (bicyclic) bond motifs is 2. The second-order valence-corrected chi connectivity index (χ2v) is 8.86. The summed E-state index contributed by atoms with van der Waals surface area (Å²) in [6.45, 7) is 5.20. The number of hydrazone groups is 1. The van der Waals surface area contributed by atoms with Crippen LogP contribution in [0.5, 0.6) is 5.75 Å². The Hall–Kier alpha value is -3.65. The van der Waals surface area contributed by atoms with Crippen molar-refractivity contribution in [2.75, 3.05) is 6.61 Å². The number of aliphatic imine (C=N–C) groups is 1. The third-order valence-corrected chi connectivity index (χ3v) is 6.59. The third-order valence-electron chi connectivity index (χ3n) is 5.54. The van der Waals surface area contributed by atoms with Gasteiger partial charge in [-0.1, -0.05) is 42.8 Å². The molecule has 0 spiro atoms. The van der Waals surface area contributed by atoms with Gasteiger partial charge >= 0.3 is 0 Å². The molecule has 5 rings (SSSR count). The van der Waals surface area contributed by atoms with E-state index in [2.05, 4.69) is 14.7 Å². The number of nitrogens with zero attached hydrogens (tertiary/aromatic N) is 4. The molecule has 1 aromatic heterocycles. The summed E-state index contributed by atoms with van der Waals surface area (Å²) >= 11 is 1.34. The Bertz CT molecular complexity index is 1350. The Morgan fingerprint density at radius 2 is 1.94 bits per heavy atom. The number of aryl methyl sites for hydroxylation is 1. The monoisotopic (exact) mass is 457 g/mol. The van der Waals surface area contributed by atoms with E-state index in [-0.39, 0.29) is 11.4 Å². The van der Waals surface area contributed by atoms with Gasteiger partial charge in [-0.3, -0.25) is 10.2 Å². The Morgan fingerprint density at radius 3 is 2.73 bits per heavy atom. The molecule has 0 fully saturated rings. The first kappa shape index (κ1) is 21.2. The molecule has 7 nitrogen and oxygen atoms in total. The second kappa shape index (κ2) is 8.71. The van der Waals surface area contributed by atoms with E-state index in [0.717, 1.165) is 33.7 Å². The fourth-order valence-electron chi connectivity index (χ4n) is 3.80. The Kier molecular flexibility index (Phi) is 5.60. The van der Waals surface area contributed by atoms with Gasteiger partial charge in [0.05, 0.1) is 12.1 Å². The molecule has 166 valence electrons. The zero-order valence-electron chi connectivity index (χ0n) is 18.4. The van der Waals surface area contributed by atoms with Crippen LogP contribution in [-0.2, 0) is 11.3 Å². The maximum atomic E-state index is 12.7. The van der Waals surface area contributed by atoms with Gasteiger partial charge in [0.15, 0.2) is 5.84 Å². The highest BCUT2D eigenvalue weighted by Crippen LogP contribution is 2.30. The number of aromatic nitrogens is 1. The lowest BCUT2D eigenvalue weighted by Crippen LogP contribution is -2.35. The summed E-state index contributed by atoms with van der Waals surface area (Å²) in [5.74, 6) is 0.483. The average Bonchev–Trinajstić information content (AvgIpc) is 3.39. The molecular weight excluding hydrogens is 434 g/mol. The van der Waals surface area contributed by atoms with Crippen molar-refractivity contribution in [3.63, 3.8) is 0 Å². The van der Waals surface area contributed by atoms with Crippen LogP contribution in [0, 0.1) is 12.3 Å². The molecular formula is C25H23N5O2S. The van der Waals surface area contributed by atoms with Crippen molar-refractivity contribution in [2.24, 2.45) is 10.1 Å². The van der Waals surface area contributed by atoms with E-state index in [0.29, 0.717) is 18.3 Å². The predicted octanol–water partition coefficient (Wildman–Crippen LogP) is 5.06. The van der Waals surface area contributed by atoms with E-state index in [1.54, 1.807) is 6.08 Å². The van der Waals surface area contributed by atoms with Crippen LogP contribution >= 0.6 is 11.8 Å². The molecule has 3 aromatic rings. The van der Waals surface area contributed by atoms with Gasteiger partial charge in [0.2, 0.25) is 5.17 Å². The van der Waals surface area contributed by atoms with Gasteiger partial charge in [-0.25, -0.2) is 0 Å². The van der Waals surface area contributed by atoms with Crippen molar-refractivity contribution < 1.29 is 9.53 Å². The summed E-state index contributed by atoms with van der Waals surface area (Å²) in [7, 11) is 0. The fraction of sp³-hybridized carbons (Fsp3) is 0.200. The summed E-state index contributed by atoms with van der Waals surface area (Å²) in [5, 5.41) is 16.7. The van der Waals surface area contributed by atoms with Crippen LogP contribution in [0.25, 0.3) is 17.0 Å². The van der Waals surface area contributed by atoms with E-state index in [1.165, 1.54) is 22.3 Å². The maximum Gasteiger partial charge on any atom is 0.283 e. The summed E-state index contributed by atoms with van der Waals surface area (Å²) in [6, 6.07) is 16.0. The first-order valence-corrected chi connectivity index (χ1v) is 11.6. The van der Waals surface area contributed by atoms with E-state index in [4.69, 9.17) is 10.1 Å². The molecule has 2 aromatic carbocycles. The molecule has 1 amide bonds. The van der Waals surface area contributed by atoms with Gasteiger partial charge in [-0.05, 0) is 49.4 Å². The highest BCUT2D eigenvalue weighted by atomic mass is 32.2. The first-order chi connectivity index (χ1) is 16.0. The molecule has 1 N–H and O–H groups in total. The molecule has 0 unspecified atom stereocenters. The molecule has 0 atom stereocenters. The number of carbonyl (C=O) groups is 1. The largest absolute Gasteiger partial charge is 0.492 e. The third kappa shape index (κ3) is 4.09. The number of benzene rings is 2. The standard InChI is InChI=1S/C25H23N5O2S/c1-3-22-28-30-23(26)20(24(31)27-25(30)33-22)14-17-15-29(21-7-5-4-6-19(17)21)12-13-32-18-10-8-16(2)9-11-18/h4-11,14-15,26H,3,12-13H2,1-2H3. The minimum absolute atomic E-state index is 0.0560. The first-order valence-electron chi connectivity index (χ1n) is 10.8. The topological polar surface area (TPSA) is 83.0 Å². The van der Waals surface area contributed by atoms with Crippen LogP contribution in [0.3, 0.4) is 0 Å². The van der Waals surface area contributed by atoms with Crippen molar-refractivity contribution in [1.82, 2.24) is 9.58 Å². The van der Waals surface area contributed by atoms with Crippen LogP contribution in [0.2, 0.25) is 0 Å². The zero-order chi connectivity index (χ0) is 22.9. The molecule has 3 heterocycles. The lowest BCUT2D eigenvalue weighted by Gasteiger charge is -2.20. The molecule has 0 saturated carbocycles. The molecule has 0 bridgehead atoms. The normalized spacial score (nSPS) is 16.9. The highest BCUT2D eigenvalue weighted by Gasteiger charge is 2.35. The average molecular weight is 458 g/mol. The number of rotatable bonds is 6. The summed E-state index contributed by atoms with van der Waals surface area (Å²) in [6.07, 6.45) is 4.48. The maximum absolute atomic E-state index is 12.7. The number of ether oxygens (including phenoxy) is 1. The number of amides is 1. The van der Waals surface area contributed by atoms with E-state index in [1.807, 2.05) is 68.6 Å². The SMILES string of the molecule is CCC1=NN2C(=N)C(=Cc3cn(CCOc4ccc(C)cc4)c4ccccc34)C(=O)N=C2S1. The van der Waals surface area contributed by atoms with E-state index in [9.17, 15) is 4.79 Å². The van der Waals surface area contributed by atoms with E-state index >= 15 is 0 Å². The number of hydrogen-bond donors (Lipinski definition) is 1. The Labute approximate surface area is 196 Å². The van der Waals surface area contributed by atoms with Gasteiger partial charge in [-0.2, -0.15) is 15.1 Å². The van der Waals surface area contributed by atoms with Gasteiger partial charge in [0.25, 0.3) is 5.91 Å². The van der Waals surface area contributed by atoms with Gasteiger partial charge in [0, 0.05) is 22.7 Å². The van der Waals surface area contributed by atoms with Crippen molar-refractivity contribution in [3.05, 3.63) is 71.4 Å². The van der Waals surface area contributed by atoms with Gasteiger partial charge in [0.1, 0.15) is 17.4 Å². The van der Waals surface area contributed by atoms with Crippen molar-refractivity contribution in [3.8, 4) is 5.75 Å². The number of nitrogens with one attached hydrogen (secondary N) is 1. The minimum Gasteiger partial charge on any atom is -0.492 e. The van der Waals surface area contributed by atoms with Crippen molar-refractivity contribution >= 4 is 50.7 Å². The number of thioether (sulfide) groups is 1. The predicted molar refractivity (Wildman–Crippen MR) is 134 cm³/mol. The smallest absolute Gasteiger partial charge is 0.283 e. The molecule has 8 heteroatoms. The number of amidine groups is 2. The van der Waals surface area contributed by atoms with Crippen molar-refractivity contribution in [2.45, 2.75) is 26.8 Å². The minimum atomic E-state index is -0.411. The van der Waals surface area contributed by atoms with Gasteiger partial charge in [-0.15, -0.1) is 0 Å². The number of hydrogen-bond acceptors (Lipinski definition) is 5. The molecule has 0 radical (unpaired) electrons. The van der Waals surface area contributed by atoms with Gasteiger partial charge < -0.3 is 9.30 Å². The van der Waals surface area contributed by atoms with Crippen molar-refractivity contribution in [1.29, 1.82) is 5.41 Å². The van der Waals surface area contributed by atoms with Crippen LogP contribution in [0.4, 0.5) is 0 Å². The lowest BCUT2D eigenvalue weighted by atomic mass is 10.1. The molecule has 33 heavy (non-hydrogen) atoms. The van der Waals surface area contributed by atoms with Crippen LogP contribution < -0.4 is 4.74 Å². The second-order valence-electron chi connectivity index (χ2n) is 7.82.